The third-order valence-corrected chi connectivity index (χ3v) is 1.75. The van der Waals surface area contributed by atoms with Gasteiger partial charge in [0.15, 0.2) is 0 Å². The first kappa shape index (κ1) is 8.42. The summed E-state index contributed by atoms with van der Waals surface area (Å²) in [6.07, 6.45) is 0. The van der Waals surface area contributed by atoms with Crippen molar-refractivity contribution in [3.8, 4) is 0 Å². The smallest absolute Gasteiger partial charge is 0.286 e. The van der Waals surface area contributed by atoms with Crippen molar-refractivity contribution < 1.29 is 14.0 Å². The number of amides is 1. The molecule has 0 aromatic heterocycles. The Bertz CT molecular complexity index is 170. The van der Waals surface area contributed by atoms with Gasteiger partial charge in [0.2, 0.25) is 5.67 Å². The number of hydrogen-bond donors (Lipinski definition) is 1. The molecule has 0 spiro atoms. The SMILES string of the molecule is CON(C)C(=O)C1(F)CNC1. The Morgan fingerprint density at radius 3 is 2.55 bits per heavy atom. The fraction of sp³-hybridized carbons (Fsp3) is 0.833. The normalized spacial score (nSPS) is 20.6. The van der Waals surface area contributed by atoms with Gasteiger partial charge in [-0.1, -0.05) is 0 Å². The molecule has 0 unspecified atom stereocenters. The lowest BCUT2D eigenvalue weighted by Gasteiger charge is -2.35. The van der Waals surface area contributed by atoms with Gasteiger partial charge < -0.3 is 5.32 Å². The Labute approximate surface area is 64.3 Å². The Morgan fingerprint density at radius 2 is 2.27 bits per heavy atom. The highest BCUT2D eigenvalue weighted by molar-refractivity contribution is 5.85. The maximum atomic E-state index is 13.2. The molecule has 1 fully saturated rings. The molecule has 0 atom stereocenters. The summed E-state index contributed by atoms with van der Waals surface area (Å²) in [6, 6.07) is 0. The fourth-order valence-corrected chi connectivity index (χ4v) is 0.861. The average molecular weight is 162 g/mol. The Balaban J connectivity index is 2.52. The van der Waals surface area contributed by atoms with Gasteiger partial charge in [0.1, 0.15) is 0 Å². The van der Waals surface area contributed by atoms with E-state index in [1.807, 2.05) is 0 Å². The minimum absolute atomic E-state index is 0.0829. The van der Waals surface area contributed by atoms with Crippen molar-refractivity contribution in [1.29, 1.82) is 0 Å². The Hall–Kier alpha value is -0.680. The first-order valence-electron chi connectivity index (χ1n) is 3.32. The quantitative estimate of drug-likeness (QED) is 0.547. The van der Waals surface area contributed by atoms with E-state index in [-0.39, 0.29) is 13.1 Å². The minimum Gasteiger partial charge on any atom is -0.309 e. The van der Waals surface area contributed by atoms with E-state index < -0.39 is 11.6 Å². The number of hydroxylamine groups is 2. The van der Waals surface area contributed by atoms with Crippen LogP contribution >= 0.6 is 0 Å². The lowest BCUT2D eigenvalue weighted by atomic mass is 9.99. The van der Waals surface area contributed by atoms with Crippen molar-refractivity contribution in [2.45, 2.75) is 5.67 Å². The molecule has 4 nitrogen and oxygen atoms in total. The molecule has 1 aliphatic heterocycles. The van der Waals surface area contributed by atoms with Gasteiger partial charge in [-0.3, -0.25) is 9.63 Å². The van der Waals surface area contributed by atoms with Crippen LogP contribution in [-0.4, -0.2) is 43.9 Å². The topological polar surface area (TPSA) is 41.6 Å². The number of carbonyl (C=O) groups is 1. The zero-order chi connectivity index (χ0) is 8.48. The van der Waals surface area contributed by atoms with Crippen molar-refractivity contribution in [1.82, 2.24) is 10.4 Å². The van der Waals surface area contributed by atoms with Crippen LogP contribution < -0.4 is 5.32 Å². The first-order chi connectivity index (χ1) is 5.10. The van der Waals surface area contributed by atoms with Crippen LogP contribution in [0.5, 0.6) is 0 Å². The van der Waals surface area contributed by atoms with E-state index in [2.05, 4.69) is 10.2 Å². The predicted octanol–water partition coefficient (Wildman–Crippen LogP) is -0.682. The lowest BCUT2D eigenvalue weighted by molar-refractivity contribution is -0.185. The predicted molar refractivity (Wildman–Crippen MR) is 36.5 cm³/mol. The highest BCUT2D eigenvalue weighted by Gasteiger charge is 2.46. The van der Waals surface area contributed by atoms with Gasteiger partial charge in [0, 0.05) is 20.1 Å². The molecule has 1 heterocycles. The number of hydrogen-bond acceptors (Lipinski definition) is 3. The highest BCUT2D eigenvalue weighted by atomic mass is 19.1. The molecule has 1 N–H and O–H groups in total. The van der Waals surface area contributed by atoms with Crippen molar-refractivity contribution in [2.75, 3.05) is 27.2 Å². The molecular formula is C6H11FN2O2. The second kappa shape index (κ2) is 2.75. The second-order valence-electron chi connectivity index (χ2n) is 2.55. The average Bonchev–Trinajstić information content (AvgIpc) is 1.97. The molecule has 1 amide bonds. The molecule has 1 aliphatic rings. The lowest BCUT2D eigenvalue weighted by Crippen LogP contribution is -2.64. The van der Waals surface area contributed by atoms with Crippen molar-refractivity contribution in [3.05, 3.63) is 0 Å². The summed E-state index contributed by atoms with van der Waals surface area (Å²) in [5.74, 6) is -0.626. The van der Waals surface area contributed by atoms with E-state index in [0.29, 0.717) is 0 Å². The maximum absolute atomic E-state index is 13.2. The summed E-state index contributed by atoms with van der Waals surface area (Å²) >= 11 is 0. The van der Waals surface area contributed by atoms with Gasteiger partial charge in [0.05, 0.1) is 7.11 Å². The molecule has 5 heteroatoms. The summed E-state index contributed by atoms with van der Waals surface area (Å²) in [6.45, 7) is 0.166. The van der Waals surface area contributed by atoms with Crippen LogP contribution in [0.2, 0.25) is 0 Å². The van der Waals surface area contributed by atoms with Crippen molar-refractivity contribution >= 4 is 5.91 Å². The number of alkyl halides is 1. The largest absolute Gasteiger partial charge is 0.309 e. The number of nitrogens with zero attached hydrogens (tertiary/aromatic N) is 1. The summed E-state index contributed by atoms with van der Waals surface area (Å²) in [4.78, 5) is 15.6. The monoisotopic (exact) mass is 162 g/mol. The summed E-state index contributed by atoms with van der Waals surface area (Å²) in [5.41, 5.74) is -1.75. The molecule has 64 valence electrons. The van der Waals surface area contributed by atoms with E-state index in [1.165, 1.54) is 14.2 Å². The van der Waals surface area contributed by atoms with Gasteiger partial charge in [-0.25, -0.2) is 9.45 Å². The molecule has 0 saturated carbocycles. The Morgan fingerprint density at radius 1 is 1.73 bits per heavy atom. The zero-order valence-electron chi connectivity index (χ0n) is 6.56. The Kier molecular flexibility index (Phi) is 2.10. The van der Waals surface area contributed by atoms with Crippen molar-refractivity contribution in [3.63, 3.8) is 0 Å². The van der Waals surface area contributed by atoms with Gasteiger partial charge in [-0.05, 0) is 0 Å². The van der Waals surface area contributed by atoms with Gasteiger partial charge in [-0.2, -0.15) is 0 Å². The highest BCUT2D eigenvalue weighted by Crippen LogP contribution is 2.18. The maximum Gasteiger partial charge on any atom is 0.286 e. The third kappa shape index (κ3) is 1.34. The first-order valence-corrected chi connectivity index (χ1v) is 3.32. The molecule has 0 aromatic rings. The van der Waals surface area contributed by atoms with Gasteiger partial charge >= 0.3 is 0 Å². The molecule has 0 radical (unpaired) electrons. The van der Waals surface area contributed by atoms with E-state index in [4.69, 9.17) is 0 Å². The van der Waals surface area contributed by atoms with Crippen LogP contribution in [0.4, 0.5) is 4.39 Å². The van der Waals surface area contributed by atoms with Gasteiger partial charge in [0.25, 0.3) is 5.91 Å². The minimum atomic E-state index is -1.75. The van der Waals surface area contributed by atoms with E-state index in [1.54, 1.807) is 0 Å². The standard InChI is InChI=1S/C6H11FN2O2/c1-9(11-2)5(10)6(7)3-8-4-6/h8H,3-4H2,1-2H3. The number of rotatable bonds is 2. The van der Waals surface area contributed by atoms with Crippen LogP contribution in [-0.2, 0) is 9.63 Å². The number of halogens is 1. The third-order valence-electron chi connectivity index (χ3n) is 1.75. The zero-order valence-corrected chi connectivity index (χ0v) is 6.56. The van der Waals surface area contributed by atoms with Crippen LogP contribution in [0.25, 0.3) is 0 Å². The molecular weight excluding hydrogens is 151 g/mol. The molecule has 1 rings (SSSR count). The van der Waals surface area contributed by atoms with Crippen LogP contribution in [0.3, 0.4) is 0 Å². The van der Waals surface area contributed by atoms with Crippen LogP contribution in [0.15, 0.2) is 0 Å². The number of nitrogens with one attached hydrogen (secondary N) is 1. The van der Waals surface area contributed by atoms with Crippen LogP contribution in [0.1, 0.15) is 0 Å². The second-order valence-corrected chi connectivity index (χ2v) is 2.55. The fourth-order valence-electron chi connectivity index (χ4n) is 0.861. The van der Waals surface area contributed by atoms with E-state index >= 15 is 0 Å². The molecule has 11 heavy (non-hydrogen) atoms. The summed E-state index contributed by atoms with van der Waals surface area (Å²) in [7, 11) is 2.72. The summed E-state index contributed by atoms with van der Waals surface area (Å²) < 4.78 is 13.2. The summed E-state index contributed by atoms with van der Waals surface area (Å²) in [5, 5.41) is 3.59. The van der Waals surface area contributed by atoms with E-state index in [9.17, 15) is 9.18 Å². The van der Waals surface area contributed by atoms with Crippen LogP contribution in [0, 0.1) is 0 Å². The molecule has 0 aromatic carbocycles. The molecule has 0 bridgehead atoms. The van der Waals surface area contributed by atoms with Crippen molar-refractivity contribution in [2.24, 2.45) is 0 Å². The van der Waals surface area contributed by atoms with E-state index in [0.717, 1.165) is 5.06 Å². The molecule has 1 saturated heterocycles. The molecule has 0 aliphatic carbocycles. The van der Waals surface area contributed by atoms with Gasteiger partial charge in [-0.15, -0.1) is 0 Å². The number of carbonyl (C=O) groups excluding carboxylic acids is 1.